The first-order valence-corrected chi connectivity index (χ1v) is 11.2. The van der Waals surface area contributed by atoms with E-state index in [0.717, 1.165) is 19.6 Å². The van der Waals surface area contributed by atoms with Crippen LogP contribution in [-0.2, 0) is 6.54 Å². The molecule has 2 saturated heterocycles. The van der Waals surface area contributed by atoms with Gasteiger partial charge in [-0.25, -0.2) is 0 Å². The maximum atomic E-state index is 10.2. The van der Waals surface area contributed by atoms with Crippen molar-refractivity contribution in [2.24, 2.45) is 11.3 Å². The van der Waals surface area contributed by atoms with Crippen molar-refractivity contribution >= 4 is 10.9 Å². The van der Waals surface area contributed by atoms with Gasteiger partial charge in [0.05, 0.1) is 0 Å². The van der Waals surface area contributed by atoms with Gasteiger partial charge in [0.15, 0.2) is 0 Å². The summed E-state index contributed by atoms with van der Waals surface area (Å²) in [6.07, 6.45) is 5.00. The van der Waals surface area contributed by atoms with Gasteiger partial charge in [-0.1, -0.05) is 18.6 Å². The molecule has 28 heavy (non-hydrogen) atoms. The Morgan fingerprint density at radius 1 is 1.11 bits per heavy atom. The standard InChI is InChI=1S/C24H37N3O/c1-4-10-26-11-7-24(8-12-26)9-13-27(15-20(24)17-28)16-23-19(3)21-14-18(2)5-6-22(21)25-23/h5-6,14,20,25,28H,4,7-13,15-17H2,1-3H3. The number of nitrogens with one attached hydrogen (secondary N) is 1. The molecule has 1 spiro atoms. The van der Waals surface area contributed by atoms with Gasteiger partial charge >= 0.3 is 0 Å². The molecule has 2 aliphatic rings. The third kappa shape index (κ3) is 3.74. The Morgan fingerprint density at radius 2 is 1.82 bits per heavy atom. The normalized spacial score (nSPS) is 23.6. The van der Waals surface area contributed by atoms with Crippen LogP contribution in [0.1, 0.15) is 49.4 Å². The molecule has 1 atom stereocenters. The summed E-state index contributed by atoms with van der Waals surface area (Å²) < 4.78 is 0. The lowest BCUT2D eigenvalue weighted by Crippen LogP contribution is -2.53. The fourth-order valence-corrected chi connectivity index (χ4v) is 5.65. The predicted molar refractivity (Wildman–Crippen MR) is 117 cm³/mol. The Kier molecular flexibility index (Phi) is 5.82. The molecule has 1 unspecified atom stereocenters. The molecule has 0 aliphatic carbocycles. The Bertz CT molecular complexity index is 804. The van der Waals surface area contributed by atoms with Gasteiger partial charge in [-0.15, -0.1) is 0 Å². The number of benzene rings is 1. The molecule has 3 heterocycles. The molecule has 1 aromatic heterocycles. The molecule has 0 saturated carbocycles. The first-order chi connectivity index (χ1) is 13.5. The minimum atomic E-state index is 0.329. The highest BCUT2D eigenvalue weighted by Crippen LogP contribution is 2.45. The summed E-state index contributed by atoms with van der Waals surface area (Å²) in [4.78, 5) is 8.83. The Labute approximate surface area is 169 Å². The van der Waals surface area contributed by atoms with Gasteiger partial charge in [0.2, 0.25) is 0 Å². The number of hydrogen-bond donors (Lipinski definition) is 2. The lowest BCUT2D eigenvalue weighted by molar-refractivity contribution is -0.0439. The van der Waals surface area contributed by atoms with E-state index < -0.39 is 0 Å². The van der Waals surface area contributed by atoms with Crippen molar-refractivity contribution < 1.29 is 5.11 Å². The van der Waals surface area contributed by atoms with Gasteiger partial charge in [0, 0.05) is 42.2 Å². The second-order valence-electron chi connectivity index (χ2n) is 9.35. The number of hydrogen-bond acceptors (Lipinski definition) is 3. The average Bonchev–Trinajstić information content (AvgIpc) is 3.00. The molecule has 2 aliphatic heterocycles. The van der Waals surface area contributed by atoms with Gasteiger partial charge in [0.1, 0.15) is 0 Å². The first-order valence-electron chi connectivity index (χ1n) is 11.2. The second-order valence-corrected chi connectivity index (χ2v) is 9.35. The van der Waals surface area contributed by atoms with Gasteiger partial charge in [0.25, 0.3) is 0 Å². The third-order valence-corrected chi connectivity index (χ3v) is 7.58. The number of aliphatic hydroxyl groups excluding tert-OH is 1. The summed E-state index contributed by atoms with van der Waals surface area (Å²) in [6, 6.07) is 6.67. The van der Waals surface area contributed by atoms with Crippen LogP contribution >= 0.6 is 0 Å². The zero-order chi connectivity index (χ0) is 19.7. The first kappa shape index (κ1) is 19.9. The maximum Gasteiger partial charge on any atom is 0.0476 e. The molecule has 2 aromatic rings. The zero-order valence-electron chi connectivity index (χ0n) is 17.9. The molecule has 2 fully saturated rings. The number of likely N-dealkylation sites (tertiary alicyclic amines) is 2. The van der Waals surface area contributed by atoms with Crippen molar-refractivity contribution in [3.05, 3.63) is 35.0 Å². The van der Waals surface area contributed by atoms with E-state index in [1.807, 2.05) is 0 Å². The summed E-state index contributed by atoms with van der Waals surface area (Å²) in [5, 5.41) is 11.6. The van der Waals surface area contributed by atoms with Crippen molar-refractivity contribution in [2.45, 2.75) is 53.0 Å². The fourth-order valence-electron chi connectivity index (χ4n) is 5.65. The van der Waals surface area contributed by atoms with Gasteiger partial charge < -0.3 is 15.0 Å². The van der Waals surface area contributed by atoms with Crippen molar-refractivity contribution in [2.75, 3.05) is 39.3 Å². The van der Waals surface area contributed by atoms with Crippen LogP contribution < -0.4 is 0 Å². The van der Waals surface area contributed by atoms with Crippen molar-refractivity contribution in [1.29, 1.82) is 0 Å². The van der Waals surface area contributed by atoms with E-state index in [4.69, 9.17) is 0 Å². The highest BCUT2D eigenvalue weighted by Gasteiger charge is 2.44. The molecule has 4 nitrogen and oxygen atoms in total. The molecule has 154 valence electrons. The largest absolute Gasteiger partial charge is 0.396 e. The quantitative estimate of drug-likeness (QED) is 0.817. The fraction of sp³-hybridized carbons (Fsp3) is 0.667. The van der Waals surface area contributed by atoms with E-state index in [2.05, 4.69) is 53.8 Å². The van der Waals surface area contributed by atoms with E-state index in [0.29, 0.717) is 17.9 Å². The van der Waals surface area contributed by atoms with Crippen LogP contribution in [0.15, 0.2) is 18.2 Å². The monoisotopic (exact) mass is 383 g/mol. The van der Waals surface area contributed by atoms with Gasteiger partial charge in [-0.2, -0.15) is 0 Å². The number of rotatable bonds is 5. The van der Waals surface area contributed by atoms with Gasteiger partial charge in [-0.05, 0) is 88.8 Å². The minimum absolute atomic E-state index is 0.329. The summed E-state index contributed by atoms with van der Waals surface area (Å²) in [7, 11) is 0. The zero-order valence-corrected chi connectivity index (χ0v) is 17.9. The Morgan fingerprint density at radius 3 is 2.50 bits per heavy atom. The lowest BCUT2D eigenvalue weighted by Gasteiger charge is -2.51. The number of aliphatic hydroxyl groups is 1. The topological polar surface area (TPSA) is 42.5 Å². The van der Waals surface area contributed by atoms with E-state index >= 15 is 0 Å². The molecule has 0 amide bonds. The number of nitrogens with zero attached hydrogens (tertiary/aromatic N) is 2. The summed E-state index contributed by atoms with van der Waals surface area (Å²) in [5.74, 6) is 0.414. The molecule has 2 N–H and O–H groups in total. The average molecular weight is 384 g/mol. The lowest BCUT2D eigenvalue weighted by atomic mass is 9.64. The summed E-state index contributed by atoms with van der Waals surface area (Å²) in [6.45, 7) is 13.8. The third-order valence-electron chi connectivity index (χ3n) is 7.58. The summed E-state index contributed by atoms with van der Waals surface area (Å²) >= 11 is 0. The molecule has 1 aromatic carbocycles. The molecular weight excluding hydrogens is 346 g/mol. The van der Waals surface area contributed by atoms with Gasteiger partial charge in [-0.3, -0.25) is 4.90 Å². The van der Waals surface area contributed by atoms with E-state index in [9.17, 15) is 5.11 Å². The molecule has 0 radical (unpaired) electrons. The van der Waals surface area contributed by atoms with Crippen molar-refractivity contribution in [3.8, 4) is 0 Å². The predicted octanol–water partition coefficient (Wildman–Crippen LogP) is 4.09. The van der Waals surface area contributed by atoms with Crippen LogP contribution in [0.4, 0.5) is 0 Å². The minimum Gasteiger partial charge on any atom is -0.396 e. The van der Waals surface area contributed by atoms with Crippen molar-refractivity contribution in [1.82, 2.24) is 14.8 Å². The van der Waals surface area contributed by atoms with Crippen LogP contribution in [0.2, 0.25) is 0 Å². The van der Waals surface area contributed by atoms with Crippen LogP contribution in [-0.4, -0.2) is 59.2 Å². The molecular formula is C24H37N3O. The number of piperidine rings is 2. The second kappa shape index (κ2) is 8.17. The highest BCUT2D eigenvalue weighted by atomic mass is 16.3. The highest BCUT2D eigenvalue weighted by molar-refractivity contribution is 5.85. The van der Waals surface area contributed by atoms with E-state index in [1.165, 1.54) is 73.0 Å². The van der Waals surface area contributed by atoms with Crippen molar-refractivity contribution in [3.63, 3.8) is 0 Å². The number of aromatic amines is 1. The van der Waals surface area contributed by atoms with Crippen LogP contribution in [0.5, 0.6) is 0 Å². The van der Waals surface area contributed by atoms with E-state index in [1.54, 1.807) is 0 Å². The smallest absolute Gasteiger partial charge is 0.0476 e. The number of fused-ring (bicyclic) bond motifs is 1. The van der Waals surface area contributed by atoms with Crippen LogP contribution in [0.25, 0.3) is 10.9 Å². The SMILES string of the molecule is CCCN1CCC2(CC1)CCN(Cc1[nH]c3ccc(C)cc3c1C)CC2CO. The molecule has 0 bridgehead atoms. The number of aryl methyl sites for hydroxylation is 2. The maximum absolute atomic E-state index is 10.2. The Balaban J connectivity index is 1.44. The van der Waals surface area contributed by atoms with Crippen LogP contribution in [0, 0.1) is 25.2 Å². The van der Waals surface area contributed by atoms with E-state index in [-0.39, 0.29) is 0 Å². The Hall–Kier alpha value is -1.36. The number of H-pyrrole nitrogens is 1. The summed E-state index contributed by atoms with van der Waals surface area (Å²) in [5.41, 5.74) is 5.64. The van der Waals surface area contributed by atoms with Crippen LogP contribution in [0.3, 0.4) is 0 Å². The molecule has 4 rings (SSSR count). The molecule has 4 heteroatoms. The number of aromatic nitrogens is 1.